The predicted molar refractivity (Wildman–Crippen MR) is 117 cm³/mol. The molecule has 4 heteroatoms. The number of aliphatic hydroxyl groups excluding tert-OH is 1. The SMILES string of the molecule is CCCCCCCCCCCCCC(=O)NCCC[N+](C)(C)CC(O)CC. The molecule has 0 fully saturated rings. The topological polar surface area (TPSA) is 49.3 Å². The molecule has 0 aromatic heterocycles. The quantitative estimate of drug-likeness (QED) is 0.242. The highest BCUT2D eigenvalue weighted by Gasteiger charge is 2.18. The van der Waals surface area contributed by atoms with E-state index in [2.05, 4.69) is 26.3 Å². The number of nitrogens with zero attached hydrogens (tertiary/aromatic N) is 1. The highest BCUT2D eigenvalue weighted by Crippen LogP contribution is 2.12. The molecule has 0 aliphatic rings. The van der Waals surface area contributed by atoms with Gasteiger partial charge in [-0.15, -0.1) is 0 Å². The maximum Gasteiger partial charge on any atom is 0.219 e. The number of aliphatic hydroxyl groups is 1. The second-order valence-corrected chi connectivity index (χ2v) is 8.89. The van der Waals surface area contributed by atoms with Crippen molar-refractivity contribution >= 4 is 5.91 Å². The van der Waals surface area contributed by atoms with E-state index in [4.69, 9.17) is 0 Å². The molecule has 2 N–H and O–H groups in total. The fourth-order valence-electron chi connectivity index (χ4n) is 3.56. The molecule has 1 unspecified atom stereocenters. The Morgan fingerprint density at radius 3 is 1.89 bits per heavy atom. The average molecular weight is 386 g/mol. The van der Waals surface area contributed by atoms with Crippen LogP contribution in [0.4, 0.5) is 0 Å². The minimum absolute atomic E-state index is 0.199. The molecular formula is C23H49N2O2+. The first kappa shape index (κ1) is 26.4. The van der Waals surface area contributed by atoms with Crippen LogP contribution in [-0.2, 0) is 4.79 Å². The second kappa shape index (κ2) is 17.5. The van der Waals surface area contributed by atoms with E-state index in [1.807, 2.05) is 6.92 Å². The highest BCUT2D eigenvalue weighted by molar-refractivity contribution is 5.75. The van der Waals surface area contributed by atoms with Gasteiger partial charge in [0.15, 0.2) is 0 Å². The molecule has 0 spiro atoms. The van der Waals surface area contributed by atoms with Crippen LogP contribution in [0.25, 0.3) is 0 Å². The molecule has 0 radical (unpaired) electrons. The first-order valence-electron chi connectivity index (χ1n) is 11.7. The van der Waals surface area contributed by atoms with Crippen LogP contribution in [0, 0.1) is 0 Å². The van der Waals surface area contributed by atoms with E-state index in [1.165, 1.54) is 64.2 Å². The van der Waals surface area contributed by atoms with Crippen molar-refractivity contribution in [3.63, 3.8) is 0 Å². The summed E-state index contributed by atoms with van der Waals surface area (Å²) in [7, 11) is 4.29. The van der Waals surface area contributed by atoms with Crippen LogP contribution in [0.2, 0.25) is 0 Å². The van der Waals surface area contributed by atoms with Crippen LogP contribution in [0.1, 0.15) is 104 Å². The Morgan fingerprint density at radius 2 is 1.37 bits per heavy atom. The van der Waals surface area contributed by atoms with E-state index in [0.29, 0.717) is 6.42 Å². The van der Waals surface area contributed by atoms with E-state index in [0.717, 1.165) is 43.4 Å². The van der Waals surface area contributed by atoms with E-state index in [-0.39, 0.29) is 12.0 Å². The number of likely N-dealkylation sites (N-methyl/N-ethyl adjacent to an activating group) is 1. The molecule has 1 atom stereocenters. The summed E-state index contributed by atoms with van der Waals surface area (Å²) < 4.78 is 0.809. The summed E-state index contributed by atoms with van der Waals surface area (Å²) in [4.78, 5) is 11.9. The molecule has 0 aliphatic heterocycles. The molecule has 0 saturated heterocycles. The van der Waals surface area contributed by atoms with Gasteiger partial charge in [-0.1, -0.05) is 78.1 Å². The van der Waals surface area contributed by atoms with Gasteiger partial charge in [-0.25, -0.2) is 0 Å². The van der Waals surface area contributed by atoms with E-state index in [1.54, 1.807) is 0 Å². The van der Waals surface area contributed by atoms with E-state index >= 15 is 0 Å². The number of hydrogen-bond donors (Lipinski definition) is 2. The normalized spacial score (nSPS) is 12.9. The van der Waals surface area contributed by atoms with Crippen LogP contribution in [-0.4, -0.2) is 55.3 Å². The lowest BCUT2D eigenvalue weighted by molar-refractivity contribution is -0.893. The first-order chi connectivity index (χ1) is 12.9. The Hall–Kier alpha value is -0.610. The van der Waals surface area contributed by atoms with E-state index in [9.17, 15) is 9.90 Å². The molecular weight excluding hydrogens is 336 g/mol. The van der Waals surface area contributed by atoms with Gasteiger partial charge in [0.2, 0.25) is 5.91 Å². The van der Waals surface area contributed by atoms with Crippen LogP contribution in [0.3, 0.4) is 0 Å². The number of carbonyl (C=O) groups excluding carboxylic acids is 1. The molecule has 27 heavy (non-hydrogen) atoms. The molecule has 0 aromatic carbocycles. The molecule has 0 aromatic rings. The van der Waals surface area contributed by atoms with Crippen molar-refractivity contribution in [1.82, 2.24) is 5.32 Å². The van der Waals surface area contributed by atoms with Gasteiger partial charge in [0, 0.05) is 19.4 Å². The fourth-order valence-corrected chi connectivity index (χ4v) is 3.56. The average Bonchev–Trinajstić information content (AvgIpc) is 2.62. The van der Waals surface area contributed by atoms with Crippen LogP contribution < -0.4 is 5.32 Å². The van der Waals surface area contributed by atoms with Gasteiger partial charge < -0.3 is 14.9 Å². The maximum atomic E-state index is 11.9. The Balaban J connectivity index is 3.42. The number of quaternary nitrogens is 1. The Labute approximate surface area is 169 Å². The van der Waals surface area contributed by atoms with Crippen LogP contribution >= 0.6 is 0 Å². The molecule has 1 amide bonds. The van der Waals surface area contributed by atoms with Crippen molar-refractivity contribution in [2.75, 3.05) is 33.7 Å². The lowest BCUT2D eigenvalue weighted by Crippen LogP contribution is -2.46. The van der Waals surface area contributed by atoms with Crippen LogP contribution in [0.15, 0.2) is 0 Å². The highest BCUT2D eigenvalue weighted by atomic mass is 16.3. The van der Waals surface area contributed by atoms with Crippen molar-refractivity contribution in [3.8, 4) is 0 Å². The number of unbranched alkanes of at least 4 members (excludes halogenated alkanes) is 10. The lowest BCUT2D eigenvalue weighted by atomic mass is 10.1. The van der Waals surface area contributed by atoms with Crippen LogP contribution in [0.5, 0.6) is 0 Å². The second-order valence-electron chi connectivity index (χ2n) is 8.89. The zero-order chi connectivity index (χ0) is 20.4. The van der Waals surface area contributed by atoms with Crippen molar-refractivity contribution in [1.29, 1.82) is 0 Å². The summed E-state index contributed by atoms with van der Waals surface area (Å²) in [5, 5.41) is 12.8. The molecule has 0 heterocycles. The molecule has 0 saturated carbocycles. The third-order valence-electron chi connectivity index (χ3n) is 5.45. The first-order valence-corrected chi connectivity index (χ1v) is 11.7. The van der Waals surface area contributed by atoms with Gasteiger partial charge in [0.25, 0.3) is 0 Å². The summed E-state index contributed by atoms with van der Waals surface area (Å²) in [6.07, 6.45) is 16.7. The zero-order valence-corrected chi connectivity index (χ0v) is 18.9. The smallest absolute Gasteiger partial charge is 0.219 e. The van der Waals surface area contributed by atoms with Gasteiger partial charge in [0.05, 0.1) is 20.6 Å². The molecule has 4 nitrogen and oxygen atoms in total. The zero-order valence-electron chi connectivity index (χ0n) is 18.9. The molecule has 0 bridgehead atoms. The standard InChI is InChI=1S/C23H48N2O2/c1-5-7-8-9-10-11-12-13-14-15-16-18-23(27)24-19-17-20-25(3,4)21-22(26)6-2/h22,26H,5-21H2,1-4H3/p+1. The van der Waals surface area contributed by atoms with Gasteiger partial charge in [-0.3, -0.25) is 4.79 Å². The van der Waals surface area contributed by atoms with Crippen molar-refractivity contribution < 1.29 is 14.4 Å². The predicted octanol–water partition coefficient (Wildman–Crippen LogP) is 5.04. The maximum absolute atomic E-state index is 11.9. The molecule has 162 valence electrons. The number of amides is 1. The largest absolute Gasteiger partial charge is 0.387 e. The Bertz CT molecular complexity index is 345. The summed E-state index contributed by atoms with van der Waals surface area (Å²) in [5.74, 6) is 0.199. The van der Waals surface area contributed by atoms with Gasteiger partial charge in [-0.05, 0) is 12.8 Å². The Kier molecular flexibility index (Phi) is 17.1. The number of nitrogens with one attached hydrogen (secondary N) is 1. The molecule has 0 rings (SSSR count). The minimum atomic E-state index is -0.226. The summed E-state index contributed by atoms with van der Waals surface area (Å²) in [6, 6.07) is 0. The van der Waals surface area contributed by atoms with E-state index < -0.39 is 0 Å². The van der Waals surface area contributed by atoms with Crippen molar-refractivity contribution in [2.24, 2.45) is 0 Å². The Morgan fingerprint density at radius 1 is 0.852 bits per heavy atom. The third-order valence-corrected chi connectivity index (χ3v) is 5.45. The number of hydrogen-bond acceptors (Lipinski definition) is 2. The summed E-state index contributed by atoms with van der Waals surface area (Å²) in [5.41, 5.74) is 0. The van der Waals surface area contributed by atoms with Crippen molar-refractivity contribution in [2.45, 2.75) is 110 Å². The van der Waals surface area contributed by atoms with Gasteiger partial charge in [-0.2, -0.15) is 0 Å². The van der Waals surface area contributed by atoms with Gasteiger partial charge in [0.1, 0.15) is 12.6 Å². The molecule has 0 aliphatic carbocycles. The fraction of sp³-hybridized carbons (Fsp3) is 0.957. The van der Waals surface area contributed by atoms with Crippen molar-refractivity contribution in [3.05, 3.63) is 0 Å². The third kappa shape index (κ3) is 18.5. The van der Waals surface area contributed by atoms with Gasteiger partial charge >= 0.3 is 0 Å². The monoisotopic (exact) mass is 385 g/mol. The minimum Gasteiger partial charge on any atom is -0.387 e. The summed E-state index contributed by atoms with van der Waals surface area (Å²) >= 11 is 0. The number of rotatable bonds is 19. The lowest BCUT2D eigenvalue weighted by Gasteiger charge is -2.31. The number of carbonyl (C=O) groups is 1. The summed E-state index contributed by atoms with van der Waals surface area (Å²) in [6.45, 7) is 6.79.